The Morgan fingerprint density at radius 2 is 2.11 bits per heavy atom. The van der Waals surface area contributed by atoms with E-state index in [4.69, 9.17) is 0 Å². The quantitative estimate of drug-likeness (QED) is 0.837. The Morgan fingerprint density at radius 1 is 1.33 bits per heavy atom. The molecule has 1 fully saturated rings. The summed E-state index contributed by atoms with van der Waals surface area (Å²) >= 11 is 0. The number of aromatic nitrogens is 1. The number of nitrogens with zero attached hydrogens (tertiary/aromatic N) is 1. The lowest BCUT2D eigenvalue weighted by Crippen LogP contribution is -2.47. The maximum Gasteiger partial charge on any atom is 0.168 e. The average Bonchev–Trinajstić information content (AvgIpc) is 2.35. The van der Waals surface area contributed by atoms with E-state index < -0.39 is 0 Å². The van der Waals surface area contributed by atoms with Crippen molar-refractivity contribution in [3.05, 3.63) is 42.2 Å². The molecule has 3 rings (SSSR count). The predicted molar refractivity (Wildman–Crippen MR) is 71.6 cm³/mol. The Balaban J connectivity index is 2.00. The highest BCUT2D eigenvalue weighted by Crippen LogP contribution is 2.24. The molecule has 0 aliphatic carbocycles. The van der Waals surface area contributed by atoms with Gasteiger partial charge in [-0.2, -0.15) is 0 Å². The van der Waals surface area contributed by atoms with Gasteiger partial charge >= 0.3 is 0 Å². The monoisotopic (exact) mass is 240 g/mol. The van der Waals surface area contributed by atoms with Gasteiger partial charge in [0, 0.05) is 29.3 Å². The summed E-state index contributed by atoms with van der Waals surface area (Å²) in [5.74, 6) is 0.751. The largest absolute Gasteiger partial charge is 0.316 e. The van der Waals surface area contributed by atoms with Crippen LogP contribution in [0.25, 0.3) is 10.8 Å². The molecule has 1 aromatic carbocycles. The van der Waals surface area contributed by atoms with Gasteiger partial charge in [-0.05, 0) is 24.4 Å². The Kier molecular flexibility index (Phi) is 2.84. The highest BCUT2D eigenvalue weighted by Gasteiger charge is 2.30. The molecule has 0 amide bonds. The molecule has 1 aromatic heterocycles. The molecule has 1 aliphatic rings. The second kappa shape index (κ2) is 4.50. The third-order valence-corrected chi connectivity index (χ3v) is 3.87. The zero-order valence-electron chi connectivity index (χ0n) is 10.4. The van der Waals surface area contributed by atoms with E-state index in [-0.39, 0.29) is 11.7 Å². The molecule has 2 aromatic rings. The maximum absolute atomic E-state index is 12.5. The van der Waals surface area contributed by atoms with Crippen LogP contribution in [0.3, 0.4) is 0 Å². The van der Waals surface area contributed by atoms with Crippen LogP contribution in [-0.2, 0) is 0 Å². The fraction of sp³-hybridized carbons (Fsp3) is 0.333. The minimum Gasteiger partial charge on any atom is -0.316 e. The first-order valence-corrected chi connectivity index (χ1v) is 6.35. The summed E-state index contributed by atoms with van der Waals surface area (Å²) in [7, 11) is 0. The van der Waals surface area contributed by atoms with Gasteiger partial charge in [0.1, 0.15) is 0 Å². The van der Waals surface area contributed by atoms with Crippen molar-refractivity contribution in [3.63, 3.8) is 0 Å². The standard InChI is InChI=1S/C15H16N2O/c1-10(12-7-16-8-12)15(18)14-9-17-6-11-4-2-3-5-13(11)14/h2-6,9-10,12,16H,7-8H2,1H3. The maximum atomic E-state index is 12.5. The molecule has 1 unspecified atom stereocenters. The Hall–Kier alpha value is -1.74. The van der Waals surface area contributed by atoms with Crippen LogP contribution in [0.4, 0.5) is 0 Å². The lowest BCUT2D eigenvalue weighted by Gasteiger charge is -2.31. The molecule has 0 spiro atoms. The number of hydrogen-bond acceptors (Lipinski definition) is 3. The van der Waals surface area contributed by atoms with Gasteiger partial charge in [0.2, 0.25) is 0 Å². The molecular weight excluding hydrogens is 224 g/mol. The van der Waals surface area contributed by atoms with E-state index in [1.54, 1.807) is 6.20 Å². The van der Waals surface area contributed by atoms with Crippen molar-refractivity contribution in [2.24, 2.45) is 11.8 Å². The van der Waals surface area contributed by atoms with Gasteiger partial charge in [-0.3, -0.25) is 9.78 Å². The van der Waals surface area contributed by atoms with Crippen LogP contribution < -0.4 is 5.32 Å². The number of fused-ring (bicyclic) bond motifs is 1. The number of pyridine rings is 1. The van der Waals surface area contributed by atoms with Gasteiger partial charge in [-0.15, -0.1) is 0 Å². The summed E-state index contributed by atoms with van der Waals surface area (Å²) < 4.78 is 0. The highest BCUT2D eigenvalue weighted by molar-refractivity contribution is 6.08. The Labute approximate surface area is 106 Å². The summed E-state index contributed by atoms with van der Waals surface area (Å²) in [5.41, 5.74) is 0.757. The number of carbonyl (C=O) groups excluding carboxylic acids is 1. The number of carbonyl (C=O) groups is 1. The molecule has 3 nitrogen and oxygen atoms in total. The minimum atomic E-state index is 0.0684. The first kappa shape index (κ1) is 11.4. The van der Waals surface area contributed by atoms with Crippen molar-refractivity contribution >= 4 is 16.6 Å². The molecule has 1 saturated heterocycles. The second-order valence-electron chi connectivity index (χ2n) is 4.98. The number of benzene rings is 1. The summed E-state index contributed by atoms with van der Waals surface area (Å²) in [4.78, 5) is 16.7. The van der Waals surface area contributed by atoms with Gasteiger partial charge in [0.15, 0.2) is 5.78 Å². The number of hydrogen-bond donors (Lipinski definition) is 1. The summed E-state index contributed by atoms with van der Waals surface area (Å²) in [6.45, 7) is 3.92. The molecule has 1 aliphatic heterocycles. The van der Waals surface area contributed by atoms with Gasteiger partial charge in [-0.25, -0.2) is 0 Å². The van der Waals surface area contributed by atoms with E-state index in [2.05, 4.69) is 10.3 Å². The van der Waals surface area contributed by atoms with Crippen LogP contribution in [0, 0.1) is 11.8 Å². The van der Waals surface area contributed by atoms with Crippen LogP contribution in [0.2, 0.25) is 0 Å². The van der Waals surface area contributed by atoms with Crippen molar-refractivity contribution in [2.45, 2.75) is 6.92 Å². The zero-order chi connectivity index (χ0) is 12.5. The van der Waals surface area contributed by atoms with Crippen LogP contribution in [0.1, 0.15) is 17.3 Å². The van der Waals surface area contributed by atoms with E-state index in [0.29, 0.717) is 5.92 Å². The number of ketones is 1. The number of nitrogens with one attached hydrogen (secondary N) is 1. The molecule has 0 saturated carbocycles. The third-order valence-electron chi connectivity index (χ3n) is 3.87. The molecule has 18 heavy (non-hydrogen) atoms. The lowest BCUT2D eigenvalue weighted by atomic mass is 9.83. The topological polar surface area (TPSA) is 42.0 Å². The van der Waals surface area contributed by atoms with E-state index >= 15 is 0 Å². The average molecular weight is 240 g/mol. The van der Waals surface area contributed by atoms with Gasteiger partial charge in [0.25, 0.3) is 0 Å². The lowest BCUT2D eigenvalue weighted by molar-refractivity contribution is 0.0855. The van der Waals surface area contributed by atoms with Crippen LogP contribution in [0.5, 0.6) is 0 Å². The highest BCUT2D eigenvalue weighted by atomic mass is 16.1. The van der Waals surface area contributed by atoms with Crippen molar-refractivity contribution in [3.8, 4) is 0 Å². The number of rotatable bonds is 3. The van der Waals surface area contributed by atoms with Crippen LogP contribution >= 0.6 is 0 Å². The van der Waals surface area contributed by atoms with Crippen molar-refractivity contribution in [2.75, 3.05) is 13.1 Å². The van der Waals surface area contributed by atoms with Crippen molar-refractivity contribution in [1.82, 2.24) is 10.3 Å². The van der Waals surface area contributed by atoms with Crippen molar-refractivity contribution in [1.29, 1.82) is 0 Å². The molecule has 0 radical (unpaired) electrons. The molecule has 3 heteroatoms. The smallest absolute Gasteiger partial charge is 0.168 e. The Morgan fingerprint density at radius 3 is 2.83 bits per heavy atom. The van der Waals surface area contributed by atoms with Gasteiger partial charge in [0.05, 0.1) is 0 Å². The van der Waals surface area contributed by atoms with E-state index in [1.165, 1.54) is 0 Å². The molecule has 2 heterocycles. The fourth-order valence-electron chi connectivity index (χ4n) is 2.44. The first-order chi connectivity index (χ1) is 8.77. The zero-order valence-corrected chi connectivity index (χ0v) is 10.4. The second-order valence-corrected chi connectivity index (χ2v) is 4.98. The van der Waals surface area contributed by atoms with Gasteiger partial charge < -0.3 is 5.32 Å². The van der Waals surface area contributed by atoms with E-state index in [1.807, 2.05) is 37.4 Å². The van der Waals surface area contributed by atoms with Gasteiger partial charge in [-0.1, -0.05) is 31.2 Å². The summed E-state index contributed by atoms with van der Waals surface area (Å²) in [6, 6.07) is 7.93. The molecule has 1 atom stereocenters. The first-order valence-electron chi connectivity index (χ1n) is 6.35. The van der Waals surface area contributed by atoms with E-state index in [0.717, 1.165) is 29.4 Å². The van der Waals surface area contributed by atoms with Crippen molar-refractivity contribution < 1.29 is 4.79 Å². The minimum absolute atomic E-state index is 0.0684. The Bertz CT molecular complexity index is 585. The van der Waals surface area contributed by atoms with Crippen LogP contribution in [0.15, 0.2) is 36.7 Å². The predicted octanol–water partition coefficient (Wildman–Crippen LogP) is 2.27. The summed E-state index contributed by atoms with van der Waals surface area (Å²) in [6.07, 6.45) is 3.51. The SMILES string of the molecule is CC(C(=O)c1cncc2ccccc12)C1CNC1. The fourth-order valence-corrected chi connectivity index (χ4v) is 2.44. The van der Waals surface area contributed by atoms with Crippen LogP contribution in [-0.4, -0.2) is 23.9 Å². The normalized spacial score (nSPS) is 17.4. The number of Topliss-reactive ketones (excluding diaryl/α,β-unsaturated/α-hetero) is 1. The summed E-state index contributed by atoms with van der Waals surface area (Å²) in [5, 5.41) is 5.26. The molecule has 0 bridgehead atoms. The molecule has 92 valence electrons. The van der Waals surface area contributed by atoms with E-state index in [9.17, 15) is 4.79 Å². The molecule has 1 N–H and O–H groups in total. The molecular formula is C15H16N2O. The third kappa shape index (κ3) is 1.81.